The van der Waals surface area contributed by atoms with Gasteiger partial charge < -0.3 is 15.2 Å². The third-order valence-electron chi connectivity index (χ3n) is 4.24. The molecular formula is C19H19NO4. The fraction of sp³-hybridized carbons (Fsp3) is 0.263. The van der Waals surface area contributed by atoms with Crippen molar-refractivity contribution in [3.05, 3.63) is 71.3 Å². The minimum atomic E-state index is -1.04. The van der Waals surface area contributed by atoms with Crippen LogP contribution in [0.15, 0.2) is 54.6 Å². The van der Waals surface area contributed by atoms with Crippen molar-refractivity contribution in [2.24, 2.45) is 5.92 Å². The van der Waals surface area contributed by atoms with Gasteiger partial charge in [-0.25, -0.2) is 4.79 Å². The standard InChI is InChI=1S/C19H19NO4/c21-18(14-7-4-8-15(11-14)19(22)23)20-12-16-9-10-24-17(16)13-5-2-1-3-6-13/h1-8,11,16-17H,9-10,12H2,(H,20,21)(H,22,23)/t16-,17-/m1/s1. The highest BCUT2D eigenvalue weighted by atomic mass is 16.5. The molecule has 2 aromatic rings. The van der Waals surface area contributed by atoms with Crippen LogP contribution >= 0.6 is 0 Å². The number of hydrogen-bond acceptors (Lipinski definition) is 3. The molecule has 1 fully saturated rings. The zero-order valence-corrected chi connectivity index (χ0v) is 13.1. The Kier molecular flexibility index (Phi) is 4.91. The van der Waals surface area contributed by atoms with E-state index in [0.717, 1.165) is 12.0 Å². The smallest absolute Gasteiger partial charge is 0.335 e. The zero-order chi connectivity index (χ0) is 16.9. The maximum atomic E-state index is 12.3. The van der Waals surface area contributed by atoms with Gasteiger partial charge in [0.05, 0.1) is 11.7 Å². The lowest BCUT2D eigenvalue weighted by atomic mass is 9.95. The Bertz CT molecular complexity index is 729. The number of rotatable bonds is 5. The van der Waals surface area contributed by atoms with Crippen molar-refractivity contribution in [2.45, 2.75) is 12.5 Å². The number of aromatic carboxylic acids is 1. The van der Waals surface area contributed by atoms with E-state index in [-0.39, 0.29) is 23.5 Å². The van der Waals surface area contributed by atoms with Gasteiger partial charge in [-0.2, -0.15) is 0 Å². The summed E-state index contributed by atoms with van der Waals surface area (Å²) in [5.74, 6) is -1.10. The first-order valence-corrected chi connectivity index (χ1v) is 7.93. The van der Waals surface area contributed by atoms with Crippen LogP contribution in [0.3, 0.4) is 0 Å². The highest BCUT2D eigenvalue weighted by Gasteiger charge is 2.29. The van der Waals surface area contributed by atoms with E-state index in [4.69, 9.17) is 9.84 Å². The van der Waals surface area contributed by atoms with Gasteiger partial charge in [0.1, 0.15) is 0 Å². The molecular weight excluding hydrogens is 306 g/mol. The van der Waals surface area contributed by atoms with Gasteiger partial charge in [0.2, 0.25) is 0 Å². The largest absolute Gasteiger partial charge is 0.478 e. The number of carboxylic acid groups (broad SMARTS) is 1. The lowest BCUT2D eigenvalue weighted by molar-refractivity contribution is 0.0697. The molecule has 0 spiro atoms. The van der Waals surface area contributed by atoms with Crippen molar-refractivity contribution < 1.29 is 19.4 Å². The summed E-state index contributed by atoms with van der Waals surface area (Å²) in [7, 11) is 0. The van der Waals surface area contributed by atoms with Crippen LogP contribution in [0.5, 0.6) is 0 Å². The van der Waals surface area contributed by atoms with Gasteiger partial charge in [0.25, 0.3) is 5.91 Å². The van der Waals surface area contributed by atoms with E-state index in [2.05, 4.69) is 5.32 Å². The summed E-state index contributed by atoms with van der Waals surface area (Å²) in [5.41, 5.74) is 1.57. The van der Waals surface area contributed by atoms with Gasteiger partial charge in [-0.3, -0.25) is 4.79 Å². The maximum absolute atomic E-state index is 12.3. The SMILES string of the molecule is O=C(O)c1cccc(C(=O)NC[C@H]2CCO[C@@H]2c2ccccc2)c1. The van der Waals surface area contributed by atoms with Crippen LogP contribution in [0.2, 0.25) is 0 Å². The van der Waals surface area contributed by atoms with E-state index in [1.807, 2.05) is 30.3 Å². The Morgan fingerprint density at radius 3 is 2.58 bits per heavy atom. The van der Waals surface area contributed by atoms with E-state index in [1.54, 1.807) is 12.1 Å². The van der Waals surface area contributed by atoms with Crippen LogP contribution in [0.4, 0.5) is 0 Å². The Morgan fingerprint density at radius 2 is 1.83 bits per heavy atom. The molecule has 5 heteroatoms. The molecule has 2 N–H and O–H groups in total. The van der Waals surface area contributed by atoms with E-state index in [9.17, 15) is 9.59 Å². The number of ether oxygens (including phenoxy) is 1. The first-order valence-electron chi connectivity index (χ1n) is 7.93. The summed E-state index contributed by atoms with van der Waals surface area (Å²) < 4.78 is 5.81. The zero-order valence-electron chi connectivity index (χ0n) is 13.1. The predicted octanol–water partition coefficient (Wildman–Crippen LogP) is 2.89. The van der Waals surface area contributed by atoms with Crippen molar-refractivity contribution in [3.63, 3.8) is 0 Å². The molecule has 124 valence electrons. The van der Waals surface area contributed by atoms with Crippen molar-refractivity contribution in [1.29, 1.82) is 0 Å². The molecule has 24 heavy (non-hydrogen) atoms. The van der Waals surface area contributed by atoms with Crippen LogP contribution in [0.25, 0.3) is 0 Å². The Balaban J connectivity index is 1.63. The molecule has 2 atom stereocenters. The summed E-state index contributed by atoms with van der Waals surface area (Å²) >= 11 is 0. The molecule has 2 aromatic carbocycles. The van der Waals surface area contributed by atoms with E-state index >= 15 is 0 Å². The second-order valence-electron chi connectivity index (χ2n) is 5.85. The minimum Gasteiger partial charge on any atom is -0.478 e. The second-order valence-corrected chi connectivity index (χ2v) is 5.85. The van der Waals surface area contributed by atoms with Gasteiger partial charge in [-0.05, 0) is 30.2 Å². The van der Waals surface area contributed by atoms with Crippen LogP contribution in [-0.2, 0) is 4.74 Å². The molecule has 3 rings (SSSR count). The molecule has 1 saturated heterocycles. The Hall–Kier alpha value is -2.66. The maximum Gasteiger partial charge on any atom is 0.335 e. The van der Waals surface area contributed by atoms with Crippen molar-refractivity contribution >= 4 is 11.9 Å². The third-order valence-corrected chi connectivity index (χ3v) is 4.24. The van der Waals surface area contributed by atoms with E-state index in [1.165, 1.54) is 12.1 Å². The van der Waals surface area contributed by atoms with Crippen molar-refractivity contribution in [2.75, 3.05) is 13.2 Å². The van der Waals surface area contributed by atoms with E-state index < -0.39 is 5.97 Å². The fourth-order valence-electron chi connectivity index (χ4n) is 2.97. The van der Waals surface area contributed by atoms with Crippen molar-refractivity contribution in [3.8, 4) is 0 Å². The average molecular weight is 325 g/mol. The molecule has 1 amide bonds. The molecule has 0 aromatic heterocycles. The molecule has 1 aliphatic heterocycles. The number of carboxylic acids is 1. The first kappa shape index (κ1) is 16.2. The minimum absolute atomic E-state index is 0.0168. The molecule has 0 radical (unpaired) electrons. The first-order chi connectivity index (χ1) is 11.6. The molecule has 0 unspecified atom stereocenters. The molecule has 5 nitrogen and oxygen atoms in total. The monoisotopic (exact) mass is 325 g/mol. The number of hydrogen-bond donors (Lipinski definition) is 2. The highest BCUT2D eigenvalue weighted by Crippen LogP contribution is 2.33. The molecule has 1 heterocycles. The predicted molar refractivity (Wildman–Crippen MR) is 89.0 cm³/mol. The highest BCUT2D eigenvalue weighted by molar-refractivity contribution is 5.97. The van der Waals surface area contributed by atoms with Gasteiger partial charge in [0.15, 0.2) is 0 Å². The molecule has 1 aliphatic rings. The average Bonchev–Trinajstić information content (AvgIpc) is 3.09. The fourth-order valence-corrected chi connectivity index (χ4v) is 2.97. The van der Waals surface area contributed by atoms with Crippen LogP contribution in [0, 0.1) is 5.92 Å². The van der Waals surface area contributed by atoms with E-state index in [0.29, 0.717) is 18.7 Å². The molecule has 0 aliphatic carbocycles. The van der Waals surface area contributed by atoms with Crippen LogP contribution in [-0.4, -0.2) is 30.1 Å². The van der Waals surface area contributed by atoms with Crippen LogP contribution in [0.1, 0.15) is 38.8 Å². The molecule has 0 saturated carbocycles. The second kappa shape index (κ2) is 7.27. The van der Waals surface area contributed by atoms with Gasteiger partial charge >= 0.3 is 5.97 Å². The van der Waals surface area contributed by atoms with Gasteiger partial charge in [-0.1, -0.05) is 36.4 Å². The lowest BCUT2D eigenvalue weighted by Gasteiger charge is -2.19. The lowest BCUT2D eigenvalue weighted by Crippen LogP contribution is -2.30. The van der Waals surface area contributed by atoms with Crippen molar-refractivity contribution in [1.82, 2.24) is 5.32 Å². The van der Waals surface area contributed by atoms with Gasteiger partial charge in [-0.15, -0.1) is 0 Å². The summed E-state index contributed by atoms with van der Waals surface area (Å²) in [6, 6.07) is 16.0. The number of benzene rings is 2. The number of carbonyl (C=O) groups is 2. The van der Waals surface area contributed by atoms with Crippen LogP contribution < -0.4 is 5.32 Å². The number of amides is 1. The topological polar surface area (TPSA) is 75.6 Å². The Morgan fingerprint density at radius 1 is 1.08 bits per heavy atom. The normalized spacial score (nSPS) is 19.8. The summed E-state index contributed by atoms with van der Waals surface area (Å²) in [6.45, 7) is 1.17. The number of nitrogens with one attached hydrogen (secondary N) is 1. The molecule has 0 bridgehead atoms. The third kappa shape index (κ3) is 3.63. The number of carbonyl (C=O) groups excluding carboxylic acids is 1. The van der Waals surface area contributed by atoms with Gasteiger partial charge in [0, 0.05) is 24.6 Å². The summed E-state index contributed by atoms with van der Waals surface area (Å²) in [6.07, 6.45) is 0.867. The summed E-state index contributed by atoms with van der Waals surface area (Å²) in [4.78, 5) is 23.3. The Labute approximate surface area is 140 Å². The quantitative estimate of drug-likeness (QED) is 0.886. The summed E-state index contributed by atoms with van der Waals surface area (Å²) in [5, 5.41) is 11.9.